The van der Waals surface area contributed by atoms with Crippen LogP contribution in [-0.2, 0) is 0 Å². The van der Waals surface area contributed by atoms with Crippen molar-refractivity contribution in [1.29, 1.82) is 0 Å². The largest absolute Gasteiger partial charge is 0.369 e. The number of aromatic amines is 1. The Labute approximate surface area is 88.0 Å². The van der Waals surface area contributed by atoms with Crippen molar-refractivity contribution in [3.63, 3.8) is 0 Å². The van der Waals surface area contributed by atoms with Gasteiger partial charge in [0, 0.05) is 25.9 Å². The van der Waals surface area contributed by atoms with E-state index in [1.54, 1.807) is 12.4 Å². The molecule has 0 amide bonds. The summed E-state index contributed by atoms with van der Waals surface area (Å²) in [6, 6.07) is 3.93. The van der Waals surface area contributed by atoms with E-state index in [0.717, 1.165) is 17.1 Å². The van der Waals surface area contributed by atoms with E-state index >= 15 is 0 Å². The van der Waals surface area contributed by atoms with E-state index in [4.69, 9.17) is 5.73 Å². The Bertz CT molecular complexity index is 443. The molecule has 0 radical (unpaired) electrons. The molecule has 5 nitrogen and oxygen atoms in total. The zero-order chi connectivity index (χ0) is 10.8. The first-order valence-corrected chi connectivity index (χ1v) is 4.61. The van der Waals surface area contributed by atoms with Gasteiger partial charge in [0.15, 0.2) is 5.95 Å². The summed E-state index contributed by atoms with van der Waals surface area (Å²) in [5.41, 5.74) is 7.36. The van der Waals surface area contributed by atoms with Gasteiger partial charge in [0.1, 0.15) is 5.82 Å². The standard InChI is InChI=1S/C10H13N5/c1-15(2)9-4-3-7(5-12-9)8-6-13-10(11)14-8/h3-6H,1-2H3,(H3,11,13,14). The molecule has 0 saturated heterocycles. The number of H-pyrrole nitrogens is 1. The molecular formula is C10H13N5. The van der Waals surface area contributed by atoms with Gasteiger partial charge in [-0.25, -0.2) is 9.97 Å². The van der Waals surface area contributed by atoms with Gasteiger partial charge in [-0.1, -0.05) is 0 Å². The molecule has 2 aromatic heterocycles. The smallest absolute Gasteiger partial charge is 0.197 e. The average molecular weight is 203 g/mol. The normalized spacial score (nSPS) is 10.3. The van der Waals surface area contributed by atoms with E-state index in [1.807, 2.05) is 31.1 Å². The molecule has 2 aromatic rings. The van der Waals surface area contributed by atoms with Crippen molar-refractivity contribution >= 4 is 11.8 Å². The van der Waals surface area contributed by atoms with Gasteiger partial charge in [-0.05, 0) is 12.1 Å². The Morgan fingerprint density at radius 2 is 2.00 bits per heavy atom. The lowest BCUT2D eigenvalue weighted by molar-refractivity contribution is 1.07. The number of nitrogen functional groups attached to an aromatic ring is 1. The predicted molar refractivity (Wildman–Crippen MR) is 60.6 cm³/mol. The second-order valence-corrected chi connectivity index (χ2v) is 3.48. The Hall–Kier alpha value is -2.04. The molecular weight excluding hydrogens is 190 g/mol. The van der Waals surface area contributed by atoms with Gasteiger partial charge in [-0.3, -0.25) is 0 Å². The highest BCUT2D eigenvalue weighted by molar-refractivity contribution is 5.60. The van der Waals surface area contributed by atoms with Gasteiger partial charge >= 0.3 is 0 Å². The quantitative estimate of drug-likeness (QED) is 0.767. The third-order valence-electron chi connectivity index (χ3n) is 2.11. The maximum Gasteiger partial charge on any atom is 0.197 e. The Morgan fingerprint density at radius 3 is 2.47 bits per heavy atom. The molecule has 3 N–H and O–H groups in total. The Morgan fingerprint density at radius 1 is 1.20 bits per heavy atom. The summed E-state index contributed by atoms with van der Waals surface area (Å²) in [4.78, 5) is 13.1. The van der Waals surface area contributed by atoms with Crippen molar-refractivity contribution < 1.29 is 0 Å². The second-order valence-electron chi connectivity index (χ2n) is 3.48. The zero-order valence-electron chi connectivity index (χ0n) is 8.73. The molecule has 0 aromatic carbocycles. The van der Waals surface area contributed by atoms with Crippen molar-refractivity contribution in [2.45, 2.75) is 0 Å². The zero-order valence-corrected chi connectivity index (χ0v) is 8.73. The molecule has 15 heavy (non-hydrogen) atoms. The minimum atomic E-state index is 0.418. The van der Waals surface area contributed by atoms with E-state index in [0.29, 0.717) is 5.95 Å². The molecule has 0 bridgehead atoms. The van der Waals surface area contributed by atoms with E-state index in [2.05, 4.69) is 15.0 Å². The van der Waals surface area contributed by atoms with Crippen LogP contribution in [0.3, 0.4) is 0 Å². The van der Waals surface area contributed by atoms with Crippen LogP contribution in [-0.4, -0.2) is 29.0 Å². The molecule has 0 unspecified atom stereocenters. The van der Waals surface area contributed by atoms with E-state index < -0.39 is 0 Å². The minimum Gasteiger partial charge on any atom is -0.369 e. The van der Waals surface area contributed by atoms with Crippen molar-refractivity contribution in [2.75, 3.05) is 24.7 Å². The number of hydrogen-bond acceptors (Lipinski definition) is 4. The van der Waals surface area contributed by atoms with Crippen molar-refractivity contribution in [2.24, 2.45) is 0 Å². The van der Waals surface area contributed by atoms with Gasteiger partial charge in [0.05, 0.1) is 11.9 Å². The topological polar surface area (TPSA) is 70.8 Å². The fourth-order valence-electron chi connectivity index (χ4n) is 1.29. The predicted octanol–water partition coefficient (Wildman–Crippen LogP) is 1.12. The third kappa shape index (κ3) is 1.90. The summed E-state index contributed by atoms with van der Waals surface area (Å²) < 4.78 is 0. The number of anilines is 2. The van der Waals surface area contributed by atoms with Crippen molar-refractivity contribution in [1.82, 2.24) is 15.0 Å². The number of nitrogens with zero attached hydrogens (tertiary/aromatic N) is 3. The average Bonchev–Trinajstić information content (AvgIpc) is 2.65. The first kappa shape index (κ1) is 9.51. The number of pyridine rings is 1. The van der Waals surface area contributed by atoms with Crippen LogP contribution in [0.2, 0.25) is 0 Å². The molecule has 0 saturated carbocycles. The van der Waals surface area contributed by atoms with Gasteiger partial charge < -0.3 is 15.6 Å². The molecule has 0 aliphatic carbocycles. The number of nitrogens with one attached hydrogen (secondary N) is 1. The minimum absolute atomic E-state index is 0.418. The second kappa shape index (κ2) is 3.61. The molecule has 5 heteroatoms. The van der Waals surface area contributed by atoms with Crippen LogP contribution >= 0.6 is 0 Å². The van der Waals surface area contributed by atoms with Crippen LogP contribution < -0.4 is 10.6 Å². The lowest BCUT2D eigenvalue weighted by Gasteiger charge is -2.10. The molecule has 78 valence electrons. The summed E-state index contributed by atoms with van der Waals surface area (Å²) in [7, 11) is 3.91. The first-order valence-electron chi connectivity index (χ1n) is 4.61. The summed E-state index contributed by atoms with van der Waals surface area (Å²) in [5.74, 6) is 1.34. The van der Waals surface area contributed by atoms with Crippen LogP contribution in [0, 0.1) is 0 Å². The Kier molecular flexibility index (Phi) is 2.29. The fraction of sp³-hybridized carbons (Fsp3) is 0.200. The van der Waals surface area contributed by atoms with E-state index in [9.17, 15) is 0 Å². The van der Waals surface area contributed by atoms with Crippen LogP contribution in [0.5, 0.6) is 0 Å². The third-order valence-corrected chi connectivity index (χ3v) is 2.11. The Balaban J connectivity index is 2.31. The number of aromatic nitrogens is 3. The molecule has 0 atom stereocenters. The first-order chi connectivity index (χ1) is 7.16. The maximum atomic E-state index is 5.50. The highest BCUT2D eigenvalue weighted by atomic mass is 15.1. The van der Waals surface area contributed by atoms with E-state index in [1.165, 1.54) is 0 Å². The highest BCUT2D eigenvalue weighted by Crippen LogP contribution is 2.18. The van der Waals surface area contributed by atoms with Crippen LogP contribution in [0.15, 0.2) is 24.5 Å². The maximum absolute atomic E-state index is 5.50. The molecule has 0 aliphatic heterocycles. The van der Waals surface area contributed by atoms with Crippen LogP contribution in [0.1, 0.15) is 0 Å². The molecule has 0 aliphatic rings. The molecule has 2 heterocycles. The number of hydrogen-bond donors (Lipinski definition) is 2. The SMILES string of the molecule is CN(C)c1ccc(-c2cnc(N)[nH]2)cn1. The monoisotopic (exact) mass is 203 g/mol. The van der Waals surface area contributed by atoms with E-state index in [-0.39, 0.29) is 0 Å². The molecule has 0 fully saturated rings. The molecule has 0 spiro atoms. The van der Waals surface area contributed by atoms with Gasteiger partial charge in [-0.2, -0.15) is 0 Å². The van der Waals surface area contributed by atoms with Crippen molar-refractivity contribution in [3.8, 4) is 11.3 Å². The van der Waals surface area contributed by atoms with Gasteiger partial charge in [0.25, 0.3) is 0 Å². The summed E-state index contributed by atoms with van der Waals surface area (Å²) in [6.45, 7) is 0. The number of nitrogens with two attached hydrogens (primary N) is 1. The highest BCUT2D eigenvalue weighted by Gasteiger charge is 2.02. The van der Waals surface area contributed by atoms with Crippen LogP contribution in [0.4, 0.5) is 11.8 Å². The van der Waals surface area contributed by atoms with Crippen LogP contribution in [0.25, 0.3) is 11.3 Å². The van der Waals surface area contributed by atoms with Gasteiger partial charge in [0.2, 0.25) is 0 Å². The summed E-state index contributed by atoms with van der Waals surface area (Å²) >= 11 is 0. The summed E-state index contributed by atoms with van der Waals surface area (Å²) in [5, 5.41) is 0. The fourth-order valence-corrected chi connectivity index (χ4v) is 1.29. The summed E-state index contributed by atoms with van der Waals surface area (Å²) in [6.07, 6.45) is 3.49. The number of imidazole rings is 1. The molecule has 2 rings (SSSR count). The lowest BCUT2D eigenvalue weighted by Crippen LogP contribution is -2.09. The lowest BCUT2D eigenvalue weighted by atomic mass is 10.2. The van der Waals surface area contributed by atoms with Gasteiger partial charge in [-0.15, -0.1) is 0 Å². The number of rotatable bonds is 2. The van der Waals surface area contributed by atoms with Crippen molar-refractivity contribution in [3.05, 3.63) is 24.5 Å².